The normalized spacial score (nSPS) is 11.3. The van der Waals surface area contributed by atoms with Crippen LogP contribution < -0.4 is 25.3 Å². The van der Waals surface area contributed by atoms with Gasteiger partial charge in [-0.25, -0.2) is 4.68 Å². The van der Waals surface area contributed by atoms with Crippen molar-refractivity contribution in [3.8, 4) is 17.2 Å². The Morgan fingerprint density at radius 3 is 2.43 bits per heavy atom. The molecule has 1 aromatic heterocycles. The second-order valence-electron chi connectivity index (χ2n) is 5.71. The van der Waals surface area contributed by atoms with Gasteiger partial charge in [0, 0.05) is 25.3 Å². The Bertz CT molecular complexity index is 764. The number of rotatable bonds is 10. The van der Waals surface area contributed by atoms with Gasteiger partial charge in [0.15, 0.2) is 11.5 Å². The molecule has 156 valence electrons. The number of carbonyl (C=O) groups is 1. The molecule has 2 aromatic rings. The minimum Gasteiger partial charge on any atom is -0.493 e. The number of anilines is 1. The first-order valence-corrected chi connectivity index (χ1v) is 8.40. The largest absolute Gasteiger partial charge is 0.493 e. The fourth-order valence-corrected chi connectivity index (χ4v) is 2.68. The summed E-state index contributed by atoms with van der Waals surface area (Å²) in [4.78, 5) is 12.2. The molecule has 0 saturated heterocycles. The zero-order valence-electron chi connectivity index (χ0n) is 16.4. The van der Waals surface area contributed by atoms with Gasteiger partial charge in [-0.1, -0.05) is 0 Å². The van der Waals surface area contributed by atoms with Gasteiger partial charge >= 0.3 is 0 Å². The van der Waals surface area contributed by atoms with Crippen LogP contribution in [0.15, 0.2) is 24.4 Å². The number of methoxy groups -OCH3 is 4. The van der Waals surface area contributed by atoms with Crippen LogP contribution >= 0.6 is 12.4 Å². The molecule has 1 unspecified atom stereocenters. The van der Waals surface area contributed by atoms with Gasteiger partial charge in [0.05, 0.1) is 46.6 Å². The average molecular weight is 415 g/mol. The summed E-state index contributed by atoms with van der Waals surface area (Å²) in [6, 6.07) is 5.38. The number of nitrogens with two attached hydrogens (primary N) is 1. The van der Waals surface area contributed by atoms with E-state index < -0.39 is 0 Å². The Kier molecular flexibility index (Phi) is 9.57. The molecule has 1 atom stereocenters. The van der Waals surface area contributed by atoms with Gasteiger partial charge in [-0.3, -0.25) is 4.79 Å². The van der Waals surface area contributed by atoms with E-state index in [-0.39, 0.29) is 37.4 Å². The number of ether oxygens (including phenoxy) is 4. The maximum Gasteiger partial charge on any atom is 0.228 e. The summed E-state index contributed by atoms with van der Waals surface area (Å²) in [6.07, 6.45) is 1.45. The molecule has 9 nitrogen and oxygen atoms in total. The lowest BCUT2D eigenvalue weighted by atomic mass is 10.1. The fourth-order valence-electron chi connectivity index (χ4n) is 2.68. The van der Waals surface area contributed by atoms with Crippen LogP contribution in [0.1, 0.15) is 12.0 Å². The van der Waals surface area contributed by atoms with Gasteiger partial charge in [-0.05, 0) is 12.1 Å². The summed E-state index contributed by atoms with van der Waals surface area (Å²) < 4.78 is 23.0. The second kappa shape index (κ2) is 11.4. The molecule has 0 radical (unpaired) electrons. The smallest absolute Gasteiger partial charge is 0.228 e. The van der Waals surface area contributed by atoms with E-state index in [2.05, 4.69) is 10.4 Å². The first-order chi connectivity index (χ1) is 13.1. The van der Waals surface area contributed by atoms with Crippen molar-refractivity contribution in [1.82, 2.24) is 9.78 Å². The van der Waals surface area contributed by atoms with Crippen LogP contribution in [0.2, 0.25) is 0 Å². The molecule has 2 rings (SSSR count). The Hall–Kier alpha value is -2.49. The van der Waals surface area contributed by atoms with Crippen LogP contribution in [0.3, 0.4) is 0 Å². The molecule has 1 aromatic carbocycles. The van der Waals surface area contributed by atoms with Gasteiger partial charge < -0.3 is 30.0 Å². The SMILES string of the molecule is COc1ccc(Cn2nccc2NC(=O)CC(CN)OC)c(OC)c1OC.Cl. The predicted octanol–water partition coefficient (Wildman–Crippen LogP) is 1.68. The number of hydrogen-bond donors (Lipinski definition) is 2. The van der Waals surface area contributed by atoms with E-state index in [0.717, 1.165) is 5.56 Å². The molecule has 0 aliphatic carbocycles. The van der Waals surface area contributed by atoms with E-state index in [9.17, 15) is 4.79 Å². The van der Waals surface area contributed by atoms with E-state index in [1.807, 2.05) is 6.07 Å². The summed E-state index contributed by atoms with van der Waals surface area (Å²) in [5, 5.41) is 7.10. The lowest BCUT2D eigenvalue weighted by Gasteiger charge is -2.17. The maximum absolute atomic E-state index is 12.2. The molecule has 3 N–H and O–H groups in total. The first-order valence-electron chi connectivity index (χ1n) is 8.40. The first kappa shape index (κ1) is 23.5. The van der Waals surface area contributed by atoms with Gasteiger partial charge in [-0.2, -0.15) is 5.10 Å². The number of benzene rings is 1. The van der Waals surface area contributed by atoms with Crippen molar-refractivity contribution < 1.29 is 23.7 Å². The quantitative estimate of drug-likeness (QED) is 0.608. The van der Waals surface area contributed by atoms with Crippen LogP contribution in [-0.2, 0) is 16.1 Å². The van der Waals surface area contributed by atoms with Crippen LogP contribution in [0, 0.1) is 0 Å². The maximum atomic E-state index is 12.2. The Morgan fingerprint density at radius 1 is 1.14 bits per heavy atom. The summed E-state index contributed by atoms with van der Waals surface area (Å²) in [6.45, 7) is 0.642. The second-order valence-corrected chi connectivity index (χ2v) is 5.71. The van der Waals surface area contributed by atoms with E-state index in [1.165, 1.54) is 7.11 Å². The van der Waals surface area contributed by atoms with Crippen molar-refractivity contribution in [2.45, 2.75) is 19.1 Å². The van der Waals surface area contributed by atoms with E-state index in [0.29, 0.717) is 29.6 Å². The Balaban J connectivity index is 0.00000392. The van der Waals surface area contributed by atoms with Gasteiger partial charge in [0.1, 0.15) is 5.82 Å². The topological polar surface area (TPSA) is 110 Å². The Morgan fingerprint density at radius 2 is 1.86 bits per heavy atom. The van der Waals surface area contributed by atoms with Crippen LogP contribution in [-0.4, -0.2) is 56.8 Å². The number of halogens is 1. The van der Waals surface area contributed by atoms with Gasteiger partial charge in [0.25, 0.3) is 0 Å². The number of nitrogens with zero attached hydrogens (tertiary/aromatic N) is 2. The van der Waals surface area contributed by atoms with Gasteiger partial charge in [0.2, 0.25) is 11.7 Å². The molecule has 28 heavy (non-hydrogen) atoms. The highest BCUT2D eigenvalue weighted by Crippen LogP contribution is 2.40. The van der Waals surface area contributed by atoms with Crippen molar-refractivity contribution in [3.63, 3.8) is 0 Å². The molecule has 0 bridgehead atoms. The third kappa shape index (κ3) is 5.51. The van der Waals surface area contributed by atoms with Crippen molar-refractivity contribution in [3.05, 3.63) is 30.0 Å². The molecule has 10 heteroatoms. The number of amides is 1. The molecule has 0 spiro atoms. The van der Waals surface area contributed by atoms with Crippen molar-refractivity contribution in [1.29, 1.82) is 0 Å². The lowest BCUT2D eigenvalue weighted by Crippen LogP contribution is -2.28. The molecule has 1 heterocycles. The summed E-state index contributed by atoms with van der Waals surface area (Å²) >= 11 is 0. The van der Waals surface area contributed by atoms with Crippen molar-refractivity contribution in [2.75, 3.05) is 40.3 Å². The van der Waals surface area contributed by atoms with E-state index in [1.54, 1.807) is 44.3 Å². The molecular weight excluding hydrogens is 388 g/mol. The van der Waals surface area contributed by atoms with E-state index >= 15 is 0 Å². The third-order valence-corrected chi connectivity index (χ3v) is 4.10. The standard InChI is InChI=1S/C18H26N4O5.ClH/c1-24-13(10-19)9-16(23)21-15-7-8-20-22(15)11-12-5-6-14(25-2)18(27-4)17(12)26-3;/h5-8,13H,9-11,19H2,1-4H3,(H,21,23);1H. The molecule has 0 aliphatic rings. The molecule has 0 aliphatic heterocycles. The fraction of sp³-hybridized carbons (Fsp3) is 0.444. The average Bonchev–Trinajstić information content (AvgIpc) is 3.11. The number of hydrogen-bond acceptors (Lipinski definition) is 7. The van der Waals surface area contributed by atoms with Crippen LogP contribution in [0.5, 0.6) is 17.2 Å². The summed E-state index contributed by atoms with van der Waals surface area (Å²) in [5.74, 6) is 1.98. The molecule has 0 fully saturated rings. The highest BCUT2D eigenvalue weighted by atomic mass is 35.5. The lowest BCUT2D eigenvalue weighted by molar-refractivity contribution is -0.118. The third-order valence-electron chi connectivity index (χ3n) is 4.10. The summed E-state index contributed by atoms with van der Waals surface area (Å²) in [7, 11) is 6.20. The zero-order chi connectivity index (χ0) is 19.8. The predicted molar refractivity (Wildman–Crippen MR) is 108 cm³/mol. The minimum absolute atomic E-state index is 0. The molecular formula is C18H27ClN4O5. The molecule has 0 saturated carbocycles. The van der Waals surface area contributed by atoms with Crippen molar-refractivity contribution >= 4 is 24.1 Å². The van der Waals surface area contributed by atoms with Crippen LogP contribution in [0.25, 0.3) is 0 Å². The van der Waals surface area contributed by atoms with E-state index in [4.69, 9.17) is 24.7 Å². The van der Waals surface area contributed by atoms with Crippen LogP contribution in [0.4, 0.5) is 5.82 Å². The summed E-state index contributed by atoms with van der Waals surface area (Å²) in [5.41, 5.74) is 6.39. The highest BCUT2D eigenvalue weighted by Gasteiger charge is 2.18. The monoisotopic (exact) mass is 414 g/mol. The van der Waals surface area contributed by atoms with Gasteiger partial charge in [-0.15, -0.1) is 12.4 Å². The molecule has 1 amide bonds. The minimum atomic E-state index is -0.327. The number of nitrogens with one attached hydrogen (secondary N) is 1. The zero-order valence-corrected chi connectivity index (χ0v) is 17.2. The Labute approximate surface area is 170 Å². The highest BCUT2D eigenvalue weighted by molar-refractivity contribution is 5.90. The van der Waals surface area contributed by atoms with Crippen molar-refractivity contribution in [2.24, 2.45) is 5.73 Å². The number of aromatic nitrogens is 2. The number of carbonyl (C=O) groups excluding carboxylic acids is 1.